The summed E-state index contributed by atoms with van der Waals surface area (Å²) in [6, 6.07) is 1.55. The third kappa shape index (κ3) is 1.98. The number of carbonyl (C=O) groups excluding carboxylic acids is 1. The largest absolute Gasteiger partial charge is 0.464 e. The third-order valence-electron chi connectivity index (χ3n) is 1.08. The number of carbonyl (C=O) groups is 1. The van der Waals surface area contributed by atoms with Crippen molar-refractivity contribution in [2.75, 3.05) is 0 Å². The quantitative estimate of drug-likeness (QED) is 0.508. The summed E-state index contributed by atoms with van der Waals surface area (Å²) < 4.78 is 9.66. The van der Waals surface area contributed by atoms with Crippen molar-refractivity contribution in [3.63, 3.8) is 0 Å². The van der Waals surface area contributed by atoms with Gasteiger partial charge in [0.05, 0.1) is 12.1 Å². The molecule has 3 nitrogen and oxygen atoms in total. The molecule has 0 atom stereocenters. The molecule has 1 aromatic rings. The predicted molar refractivity (Wildman–Crippen MR) is 39.6 cm³/mol. The number of furan rings is 1. The van der Waals surface area contributed by atoms with Gasteiger partial charge in [0.1, 0.15) is 0 Å². The van der Waals surface area contributed by atoms with Gasteiger partial charge in [-0.2, -0.15) is 0 Å². The number of halogens is 1. The molecule has 0 saturated heterocycles. The highest BCUT2D eigenvalue weighted by molar-refractivity contribution is 6.17. The lowest BCUT2D eigenvalue weighted by Gasteiger charge is -1.97. The van der Waals surface area contributed by atoms with Crippen molar-refractivity contribution < 1.29 is 13.9 Å². The van der Waals surface area contributed by atoms with Crippen LogP contribution in [-0.2, 0) is 10.7 Å². The Kier molecular flexibility index (Phi) is 2.54. The molecule has 0 radical (unpaired) electrons. The summed E-state index contributed by atoms with van der Waals surface area (Å²) in [6.07, 6.45) is 1.43. The molecule has 1 heterocycles. The lowest BCUT2D eigenvalue weighted by Crippen LogP contribution is -2.01. The maximum atomic E-state index is 10.5. The summed E-state index contributed by atoms with van der Waals surface area (Å²) in [5.41, 5.74) is 0. The van der Waals surface area contributed by atoms with Crippen LogP contribution in [0.25, 0.3) is 0 Å². The monoisotopic (exact) mass is 174 g/mol. The Labute approximate surface area is 68.9 Å². The number of rotatable bonds is 2. The first-order valence-electron chi connectivity index (χ1n) is 3.05. The van der Waals surface area contributed by atoms with Gasteiger partial charge in [-0.05, 0) is 0 Å². The maximum absolute atomic E-state index is 10.5. The fraction of sp³-hybridized carbons (Fsp3) is 0.286. The summed E-state index contributed by atoms with van der Waals surface area (Å²) in [6.45, 7) is 1.32. The zero-order valence-corrected chi connectivity index (χ0v) is 6.72. The van der Waals surface area contributed by atoms with Crippen LogP contribution in [0.3, 0.4) is 0 Å². The smallest absolute Gasteiger partial charge is 0.308 e. The van der Waals surface area contributed by atoms with Gasteiger partial charge < -0.3 is 9.15 Å². The van der Waals surface area contributed by atoms with Crippen LogP contribution in [0.4, 0.5) is 0 Å². The Morgan fingerprint density at radius 3 is 3.09 bits per heavy atom. The van der Waals surface area contributed by atoms with E-state index in [-0.39, 0.29) is 11.8 Å². The van der Waals surface area contributed by atoms with Crippen LogP contribution in [0.2, 0.25) is 0 Å². The van der Waals surface area contributed by atoms with Crippen LogP contribution in [0.15, 0.2) is 16.7 Å². The second-order valence-corrected chi connectivity index (χ2v) is 2.20. The lowest BCUT2D eigenvalue weighted by atomic mass is 10.4. The molecule has 0 fully saturated rings. The molecule has 0 aliphatic rings. The Morgan fingerprint density at radius 1 is 1.82 bits per heavy atom. The van der Waals surface area contributed by atoms with E-state index in [1.807, 2.05) is 0 Å². The van der Waals surface area contributed by atoms with E-state index in [1.165, 1.54) is 13.2 Å². The second kappa shape index (κ2) is 3.44. The average molecular weight is 175 g/mol. The van der Waals surface area contributed by atoms with Crippen LogP contribution >= 0.6 is 11.6 Å². The van der Waals surface area contributed by atoms with Crippen molar-refractivity contribution in [3.8, 4) is 5.75 Å². The summed E-state index contributed by atoms with van der Waals surface area (Å²) >= 11 is 5.47. The minimum absolute atomic E-state index is 0.204. The summed E-state index contributed by atoms with van der Waals surface area (Å²) in [5.74, 6) is 0.697. The summed E-state index contributed by atoms with van der Waals surface area (Å²) in [4.78, 5) is 10.5. The number of ether oxygens (including phenoxy) is 1. The van der Waals surface area contributed by atoms with Crippen molar-refractivity contribution in [1.82, 2.24) is 0 Å². The zero-order chi connectivity index (χ0) is 8.27. The molecule has 1 aromatic heterocycles. The summed E-state index contributed by atoms with van der Waals surface area (Å²) in [7, 11) is 0. The molecule has 0 spiro atoms. The first-order valence-corrected chi connectivity index (χ1v) is 3.58. The second-order valence-electron chi connectivity index (χ2n) is 1.94. The van der Waals surface area contributed by atoms with E-state index in [4.69, 9.17) is 20.8 Å². The average Bonchev–Trinajstić information content (AvgIpc) is 2.34. The third-order valence-corrected chi connectivity index (χ3v) is 1.32. The lowest BCUT2D eigenvalue weighted by molar-refractivity contribution is -0.131. The molecular formula is C7H7ClO3. The molecule has 4 heteroatoms. The van der Waals surface area contributed by atoms with Gasteiger partial charge in [0, 0.05) is 13.0 Å². The molecule has 0 aliphatic carbocycles. The Hall–Kier alpha value is -0.960. The molecular weight excluding hydrogens is 168 g/mol. The first-order chi connectivity index (χ1) is 5.24. The van der Waals surface area contributed by atoms with E-state index >= 15 is 0 Å². The first kappa shape index (κ1) is 8.14. The van der Waals surface area contributed by atoms with Crippen molar-refractivity contribution in [1.29, 1.82) is 0 Å². The van der Waals surface area contributed by atoms with Crippen LogP contribution in [0.1, 0.15) is 12.7 Å². The minimum atomic E-state index is -0.377. The molecule has 0 aliphatic heterocycles. The predicted octanol–water partition coefficient (Wildman–Crippen LogP) is 1.94. The number of esters is 1. The maximum Gasteiger partial charge on any atom is 0.308 e. The van der Waals surface area contributed by atoms with Crippen molar-refractivity contribution >= 4 is 17.6 Å². The van der Waals surface area contributed by atoms with Gasteiger partial charge in [-0.15, -0.1) is 11.6 Å². The van der Waals surface area contributed by atoms with Crippen molar-refractivity contribution in [2.24, 2.45) is 0 Å². The highest BCUT2D eigenvalue weighted by Gasteiger charge is 2.07. The number of hydrogen-bond acceptors (Lipinski definition) is 3. The standard InChI is InChI=1S/C7H7ClO3/c1-5(9)11-6-2-3-10-7(6)4-8/h2-3H,4H2,1H3. The Morgan fingerprint density at radius 2 is 2.55 bits per heavy atom. The zero-order valence-electron chi connectivity index (χ0n) is 5.96. The van der Waals surface area contributed by atoms with Gasteiger partial charge in [0.25, 0.3) is 0 Å². The SMILES string of the molecule is CC(=O)Oc1ccoc1CCl. The summed E-state index contributed by atoms with van der Waals surface area (Å²) in [5, 5.41) is 0. The fourth-order valence-electron chi connectivity index (χ4n) is 0.672. The van der Waals surface area contributed by atoms with Crippen molar-refractivity contribution in [2.45, 2.75) is 12.8 Å². The fourth-order valence-corrected chi connectivity index (χ4v) is 0.867. The van der Waals surface area contributed by atoms with Crippen molar-refractivity contribution in [3.05, 3.63) is 18.1 Å². The van der Waals surface area contributed by atoms with E-state index in [1.54, 1.807) is 6.07 Å². The number of hydrogen-bond donors (Lipinski definition) is 0. The molecule has 11 heavy (non-hydrogen) atoms. The highest BCUT2D eigenvalue weighted by Crippen LogP contribution is 2.21. The number of alkyl halides is 1. The topological polar surface area (TPSA) is 39.4 Å². The van der Waals surface area contributed by atoms with Gasteiger partial charge in [-0.25, -0.2) is 0 Å². The van der Waals surface area contributed by atoms with Gasteiger partial charge in [-0.1, -0.05) is 0 Å². The molecule has 0 unspecified atom stereocenters. The van der Waals surface area contributed by atoms with Crippen LogP contribution in [-0.4, -0.2) is 5.97 Å². The molecule has 1 rings (SSSR count). The Bertz CT molecular complexity index is 254. The molecule has 0 N–H and O–H groups in total. The van der Waals surface area contributed by atoms with E-state index in [9.17, 15) is 4.79 Å². The normalized spacial score (nSPS) is 9.64. The van der Waals surface area contributed by atoms with Gasteiger partial charge >= 0.3 is 5.97 Å². The van der Waals surface area contributed by atoms with Crippen LogP contribution in [0.5, 0.6) is 5.75 Å². The molecule has 60 valence electrons. The van der Waals surface area contributed by atoms with E-state index in [0.717, 1.165) is 0 Å². The van der Waals surface area contributed by atoms with Gasteiger partial charge in [0.15, 0.2) is 11.5 Å². The molecule has 0 saturated carbocycles. The van der Waals surface area contributed by atoms with Gasteiger partial charge in [0.2, 0.25) is 0 Å². The molecule has 0 bridgehead atoms. The van der Waals surface area contributed by atoms with Crippen LogP contribution < -0.4 is 4.74 Å². The minimum Gasteiger partial charge on any atom is -0.464 e. The molecule has 0 amide bonds. The van der Waals surface area contributed by atoms with E-state index in [0.29, 0.717) is 11.5 Å². The van der Waals surface area contributed by atoms with E-state index < -0.39 is 0 Å². The molecule has 0 aromatic carbocycles. The highest BCUT2D eigenvalue weighted by atomic mass is 35.5. The van der Waals surface area contributed by atoms with Crippen LogP contribution in [0, 0.1) is 0 Å². The Balaban J connectivity index is 2.76. The van der Waals surface area contributed by atoms with E-state index in [2.05, 4.69) is 0 Å². The van der Waals surface area contributed by atoms with Gasteiger partial charge in [-0.3, -0.25) is 4.79 Å².